The van der Waals surface area contributed by atoms with Gasteiger partial charge in [0.2, 0.25) is 0 Å². The van der Waals surface area contributed by atoms with Crippen LogP contribution in [0.1, 0.15) is 17.2 Å². The van der Waals surface area contributed by atoms with Crippen molar-refractivity contribution in [2.24, 2.45) is 5.73 Å². The number of halogens is 1. The van der Waals surface area contributed by atoms with Gasteiger partial charge in [0.25, 0.3) is 0 Å². The van der Waals surface area contributed by atoms with E-state index in [-0.39, 0.29) is 18.2 Å². The van der Waals surface area contributed by atoms with Crippen molar-refractivity contribution in [2.75, 3.05) is 19.5 Å². The van der Waals surface area contributed by atoms with E-state index in [1.54, 1.807) is 36.4 Å². The smallest absolute Gasteiger partial charge is 0.161 e. The minimum atomic E-state index is -1.30. The molecule has 1 atom stereocenters. The Balaban J connectivity index is 0.00000341. The lowest BCUT2D eigenvalue weighted by atomic mass is 9.93. The molecule has 4 N–H and O–H groups in total. The Kier molecular flexibility index (Phi) is 7.88. The number of methoxy groups -OCH3 is 2. The molecule has 8 heteroatoms. The number of nitrogens with two attached hydrogens (primary N) is 1. The summed E-state index contributed by atoms with van der Waals surface area (Å²) in [6.07, 6.45) is 0. The maximum Gasteiger partial charge on any atom is 0.161 e. The second-order valence-corrected chi connectivity index (χ2v) is 6.55. The zero-order valence-electron chi connectivity index (χ0n) is 17.0. The van der Waals surface area contributed by atoms with Gasteiger partial charge in [0, 0.05) is 11.3 Å². The van der Waals surface area contributed by atoms with Crippen molar-refractivity contribution in [3.63, 3.8) is 0 Å². The van der Waals surface area contributed by atoms with E-state index in [9.17, 15) is 9.90 Å². The van der Waals surface area contributed by atoms with Gasteiger partial charge < -0.3 is 30.4 Å². The second-order valence-electron chi connectivity index (χ2n) is 6.55. The van der Waals surface area contributed by atoms with Crippen LogP contribution in [0.4, 0.5) is 5.69 Å². The molecule has 0 heterocycles. The first-order chi connectivity index (χ1) is 14.4. The number of carbonyl (C=O) groups excluding carboxylic acids is 1. The van der Waals surface area contributed by atoms with E-state index in [2.05, 4.69) is 5.32 Å². The van der Waals surface area contributed by atoms with Crippen molar-refractivity contribution in [3.8, 4) is 22.6 Å². The number of rotatable bonds is 8. The Morgan fingerprint density at radius 1 is 1.00 bits per heavy atom. The highest BCUT2D eigenvalue weighted by Crippen LogP contribution is 2.39. The predicted molar refractivity (Wildman–Crippen MR) is 121 cm³/mol. The molecular formula is C23H23ClN3O4-. The third-order valence-corrected chi connectivity index (χ3v) is 4.69. The van der Waals surface area contributed by atoms with E-state index in [0.717, 1.165) is 5.56 Å². The first-order valence-electron chi connectivity index (χ1n) is 9.17. The molecule has 162 valence electrons. The quantitative estimate of drug-likeness (QED) is 0.366. The number of carboxylic acids is 1. The number of ether oxygens (including phenoxy) is 2. The molecule has 0 spiro atoms. The van der Waals surface area contributed by atoms with E-state index in [1.165, 1.54) is 14.2 Å². The number of benzene rings is 3. The summed E-state index contributed by atoms with van der Waals surface area (Å²) in [4.78, 5) is 12.1. The first kappa shape index (κ1) is 23.6. The minimum absolute atomic E-state index is 0. The summed E-state index contributed by atoms with van der Waals surface area (Å²) in [5.74, 6) is -0.463. The molecule has 0 aliphatic heterocycles. The molecular weight excluding hydrogens is 418 g/mol. The molecule has 0 aliphatic carbocycles. The highest BCUT2D eigenvalue weighted by Gasteiger charge is 2.21. The van der Waals surface area contributed by atoms with Gasteiger partial charge in [0.15, 0.2) is 11.5 Å². The van der Waals surface area contributed by atoms with Gasteiger partial charge in [-0.2, -0.15) is 0 Å². The zero-order chi connectivity index (χ0) is 21.7. The summed E-state index contributed by atoms with van der Waals surface area (Å²) in [7, 11) is 3.02. The van der Waals surface area contributed by atoms with Crippen molar-refractivity contribution in [1.82, 2.24) is 0 Å². The van der Waals surface area contributed by atoms with E-state index in [0.29, 0.717) is 33.9 Å². The average molecular weight is 441 g/mol. The van der Waals surface area contributed by atoms with Crippen LogP contribution in [0.25, 0.3) is 11.1 Å². The number of nitrogens with one attached hydrogen (secondary N) is 2. The summed E-state index contributed by atoms with van der Waals surface area (Å²) in [5, 5.41) is 22.6. The number of amidine groups is 1. The van der Waals surface area contributed by atoms with Gasteiger partial charge in [-0.3, -0.25) is 5.41 Å². The van der Waals surface area contributed by atoms with Crippen LogP contribution < -0.4 is 25.6 Å². The number of carboxylic acid groups (broad SMARTS) is 1. The van der Waals surface area contributed by atoms with Crippen LogP contribution in [0.2, 0.25) is 0 Å². The zero-order valence-corrected chi connectivity index (χ0v) is 17.9. The molecule has 0 fully saturated rings. The number of carbonyl (C=O) groups is 1. The Hall–Kier alpha value is -3.71. The SMILES string of the molecule is COc1cc(-c2ccccc2)c(C(Nc2ccc(C(=N)N)cc2)C(=O)[O-])cc1OC.Cl. The van der Waals surface area contributed by atoms with Crippen molar-refractivity contribution in [1.29, 1.82) is 5.41 Å². The first-order valence-corrected chi connectivity index (χ1v) is 9.17. The molecule has 0 bridgehead atoms. The third-order valence-electron chi connectivity index (χ3n) is 4.69. The lowest BCUT2D eigenvalue weighted by molar-refractivity contribution is -0.307. The standard InChI is InChI=1S/C23H23N3O4.ClH/c1-29-19-12-17(14-6-4-3-5-7-14)18(13-20(19)30-2)21(23(27)28)26-16-10-8-15(9-11-16)22(24)25;/h3-13,21,26H,1-2H3,(H3,24,25)(H,27,28);1H/p-1. The number of aliphatic carboxylic acids is 1. The van der Waals surface area contributed by atoms with Crippen LogP contribution in [0.5, 0.6) is 11.5 Å². The van der Waals surface area contributed by atoms with Gasteiger partial charge in [-0.05, 0) is 53.1 Å². The Morgan fingerprint density at radius 2 is 1.58 bits per heavy atom. The third kappa shape index (κ3) is 5.26. The highest BCUT2D eigenvalue weighted by atomic mass is 35.5. The molecule has 7 nitrogen and oxygen atoms in total. The molecule has 0 aromatic heterocycles. The molecule has 3 aromatic rings. The molecule has 3 rings (SSSR count). The molecule has 3 aromatic carbocycles. The Labute approximate surface area is 186 Å². The van der Waals surface area contributed by atoms with Crippen molar-refractivity contribution in [3.05, 3.63) is 77.9 Å². The summed E-state index contributed by atoms with van der Waals surface area (Å²) in [5.41, 5.74) is 8.54. The van der Waals surface area contributed by atoms with Crippen molar-refractivity contribution < 1.29 is 19.4 Å². The molecule has 0 radical (unpaired) electrons. The summed E-state index contributed by atoms with van der Waals surface area (Å²) in [6.45, 7) is 0. The normalized spacial score (nSPS) is 11.0. The fraction of sp³-hybridized carbons (Fsp3) is 0.130. The largest absolute Gasteiger partial charge is 0.548 e. The van der Waals surface area contributed by atoms with Crippen LogP contribution in [0, 0.1) is 5.41 Å². The van der Waals surface area contributed by atoms with Crippen LogP contribution in [0.15, 0.2) is 66.7 Å². The van der Waals surface area contributed by atoms with Gasteiger partial charge >= 0.3 is 0 Å². The predicted octanol–water partition coefficient (Wildman–Crippen LogP) is 2.98. The van der Waals surface area contributed by atoms with E-state index < -0.39 is 12.0 Å². The fourth-order valence-corrected chi connectivity index (χ4v) is 3.18. The molecule has 0 aliphatic rings. The molecule has 0 saturated carbocycles. The Bertz CT molecular complexity index is 1060. The van der Waals surface area contributed by atoms with Crippen LogP contribution >= 0.6 is 12.4 Å². The number of nitrogen functional groups attached to an aromatic ring is 1. The Morgan fingerprint density at radius 3 is 2.10 bits per heavy atom. The average Bonchev–Trinajstić information content (AvgIpc) is 2.77. The minimum Gasteiger partial charge on any atom is -0.548 e. The molecule has 31 heavy (non-hydrogen) atoms. The van der Waals surface area contributed by atoms with Crippen molar-refractivity contribution in [2.45, 2.75) is 6.04 Å². The maximum absolute atomic E-state index is 12.1. The monoisotopic (exact) mass is 440 g/mol. The fourth-order valence-electron chi connectivity index (χ4n) is 3.18. The van der Waals surface area contributed by atoms with E-state index in [4.69, 9.17) is 20.6 Å². The van der Waals surface area contributed by atoms with E-state index >= 15 is 0 Å². The van der Waals surface area contributed by atoms with Crippen LogP contribution in [0.3, 0.4) is 0 Å². The van der Waals surface area contributed by atoms with Crippen LogP contribution in [-0.4, -0.2) is 26.0 Å². The maximum atomic E-state index is 12.1. The summed E-state index contributed by atoms with van der Waals surface area (Å²) >= 11 is 0. The van der Waals surface area contributed by atoms with Crippen LogP contribution in [-0.2, 0) is 4.79 Å². The number of anilines is 1. The van der Waals surface area contributed by atoms with E-state index in [1.807, 2.05) is 30.3 Å². The van der Waals surface area contributed by atoms with Gasteiger partial charge in [0.05, 0.1) is 26.2 Å². The van der Waals surface area contributed by atoms with Crippen molar-refractivity contribution >= 4 is 29.9 Å². The topological polar surface area (TPSA) is 120 Å². The van der Waals surface area contributed by atoms with Gasteiger partial charge in [0.1, 0.15) is 5.84 Å². The lowest BCUT2D eigenvalue weighted by Crippen LogP contribution is -2.34. The van der Waals surface area contributed by atoms with Gasteiger partial charge in [-0.15, -0.1) is 12.4 Å². The lowest BCUT2D eigenvalue weighted by Gasteiger charge is -2.25. The molecule has 0 saturated heterocycles. The van der Waals surface area contributed by atoms with Gasteiger partial charge in [-0.25, -0.2) is 0 Å². The molecule has 0 amide bonds. The number of hydrogen-bond donors (Lipinski definition) is 3. The second kappa shape index (κ2) is 10.4. The highest BCUT2D eigenvalue weighted by molar-refractivity contribution is 5.95. The summed E-state index contributed by atoms with van der Waals surface area (Å²) < 4.78 is 10.8. The summed E-state index contributed by atoms with van der Waals surface area (Å²) in [6, 6.07) is 18.2. The van der Waals surface area contributed by atoms with Gasteiger partial charge in [-0.1, -0.05) is 30.3 Å². The molecule has 1 unspecified atom stereocenters. The number of hydrogen-bond acceptors (Lipinski definition) is 6.